The Labute approximate surface area is 66.6 Å². The molecule has 0 heterocycles. The van der Waals surface area contributed by atoms with Crippen molar-refractivity contribution >= 4 is 11.6 Å². The zero-order valence-electron chi connectivity index (χ0n) is 5.89. The predicted molar refractivity (Wildman–Crippen MR) is 44.2 cm³/mol. The number of halogens is 1. The highest BCUT2D eigenvalue weighted by Gasteiger charge is 2.43. The molecule has 0 N–H and O–H groups in total. The molecule has 54 valence electrons. The molecule has 1 saturated carbocycles. The average Bonchev–Trinajstić information content (AvgIpc) is 1.93. The molecule has 2 aliphatic carbocycles. The number of hydrogen-bond donors (Lipinski definition) is 0. The molecule has 1 heteroatoms. The first-order valence-electron chi connectivity index (χ1n) is 3.79. The molecule has 0 aliphatic heterocycles. The normalized spacial score (nSPS) is 42.7. The molecule has 0 nitrogen and oxygen atoms in total. The maximum Gasteiger partial charge on any atom is 0.0320 e. The van der Waals surface area contributed by atoms with Crippen LogP contribution < -0.4 is 0 Å². The smallest absolute Gasteiger partial charge is 0.0320 e. The van der Waals surface area contributed by atoms with Crippen LogP contribution in [-0.4, -0.2) is 5.88 Å². The van der Waals surface area contributed by atoms with E-state index in [9.17, 15) is 0 Å². The predicted octanol–water partition coefficient (Wildman–Crippen LogP) is 2.75. The Hall–Kier alpha value is -0.230. The Balaban J connectivity index is 2.23. The van der Waals surface area contributed by atoms with Crippen LogP contribution in [0.3, 0.4) is 0 Å². The molecule has 0 aromatic heterocycles. The maximum absolute atomic E-state index is 5.88. The minimum absolute atomic E-state index is 0.357. The van der Waals surface area contributed by atoms with Gasteiger partial charge in [-0.05, 0) is 18.8 Å². The first-order chi connectivity index (χ1) is 4.87. The molecule has 10 heavy (non-hydrogen) atoms. The Morgan fingerprint density at radius 1 is 1.50 bits per heavy atom. The van der Waals surface area contributed by atoms with Crippen molar-refractivity contribution < 1.29 is 0 Å². The molecule has 1 fully saturated rings. The molecular formula is C9H11Cl. The van der Waals surface area contributed by atoms with Gasteiger partial charge in [0, 0.05) is 11.3 Å². The van der Waals surface area contributed by atoms with Gasteiger partial charge < -0.3 is 0 Å². The van der Waals surface area contributed by atoms with E-state index in [2.05, 4.69) is 24.3 Å². The summed E-state index contributed by atoms with van der Waals surface area (Å²) in [6, 6.07) is 0. The third-order valence-electron chi connectivity index (χ3n) is 2.79. The Morgan fingerprint density at radius 2 is 2.40 bits per heavy atom. The van der Waals surface area contributed by atoms with E-state index in [1.165, 1.54) is 12.8 Å². The summed E-state index contributed by atoms with van der Waals surface area (Å²) in [5.41, 5.74) is 0.357. The van der Waals surface area contributed by atoms with Gasteiger partial charge in [0.15, 0.2) is 0 Å². The fraction of sp³-hybridized carbons (Fsp3) is 0.556. The summed E-state index contributed by atoms with van der Waals surface area (Å²) in [6.45, 7) is 0. The summed E-state index contributed by atoms with van der Waals surface area (Å²) in [5.74, 6) is 1.54. The van der Waals surface area contributed by atoms with Crippen molar-refractivity contribution in [2.24, 2.45) is 11.3 Å². The fourth-order valence-corrected chi connectivity index (χ4v) is 2.25. The molecule has 0 saturated heterocycles. The van der Waals surface area contributed by atoms with Crippen molar-refractivity contribution in [1.29, 1.82) is 0 Å². The van der Waals surface area contributed by atoms with Crippen LogP contribution in [0, 0.1) is 11.3 Å². The molecule has 2 aliphatic rings. The van der Waals surface area contributed by atoms with Crippen LogP contribution in [0.2, 0.25) is 0 Å². The minimum atomic E-state index is 0.357. The second-order valence-corrected chi connectivity index (χ2v) is 3.52. The quantitative estimate of drug-likeness (QED) is 0.510. The molecule has 0 spiro atoms. The Kier molecular flexibility index (Phi) is 1.38. The van der Waals surface area contributed by atoms with E-state index >= 15 is 0 Å². The summed E-state index contributed by atoms with van der Waals surface area (Å²) in [5, 5.41) is 0. The number of rotatable bonds is 1. The third kappa shape index (κ3) is 0.687. The van der Waals surface area contributed by atoms with E-state index in [1.807, 2.05) is 0 Å². The van der Waals surface area contributed by atoms with Crippen molar-refractivity contribution in [2.75, 3.05) is 5.88 Å². The molecule has 2 atom stereocenters. The highest BCUT2D eigenvalue weighted by molar-refractivity contribution is 6.18. The second kappa shape index (κ2) is 2.13. The summed E-state index contributed by atoms with van der Waals surface area (Å²) < 4.78 is 0. The van der Waals surface area contributed by atoms with Crippen LogP contribution >= 0.6 is 11.6 Å². The van der Waals surface area contributed by atoms with E-state index in [4.69, 9.17) is 11.6 Å². The lowest BCUT2D eigenvalue weighted by molar-refractivity contribution is 0.153. The van der Waals surface area contributed by atoms with E-state index in [1.54, 1.807) is 0 Å². The van der Waals surface area contributed by atoms with E-state index < -0.39 is 0 Å². The zero-order valence-corrected chi connectivity index (χ0v) is 6.64. The lowest BCUT2D eigenvalue weighted by Crippen LogP contribution is -2.39. The summed E-state index contributed by atoms with van der Waals surface area (Å²) in [4.78, 5) is 0. The number of fused-ring (bicyclic) bond motifs is 1. The van der Waals surface area contributed by atoms with Crippen LogP contribution in [0.15, 0.2) is 24.3 Å². The number of hydrogen-bond acceptors (Lipinski definition) is 0. The van der Waals surface area contributed by atoms with E-state index in [0.29, 0.717) is 5.41 Å². The van der Waals surface area contributed by atoms with E-state index in [-0.39, 0.29) is 0 Å². The van der Waals surface area contributed by atoms with Gasteiger partial charge in [-0.1, -0.05) is 24.3 Å². The first-order valence-corrected chi connectivity index (χ1v) is 4.33. The highest BCUT2D eigenvalue weighted by atomic mass is 35.5. The van der Waals surface area contributed by atoms with Gasteiger partial charge in [0.05, 0.1) is 0 Å². The molecule has 2 rings (SSSR count). The fourth-order valence-electron chi connectivity index (χ4n) is 1.83. The number of alkyl halides is 1. The van der Waals surface area contributed by atoms with Crippen LogP contribution in [0.4, 0.5) is 0 Å². The SMILES string of the molecule is ClCC12C=CC=CC1CC2. The van der Waals surface area contributed by atoms with E-state index in [0.717, 1.165) is 11.8 Å². The standard InChI is InChI=1S/C9H11Cl/c10-7-9-5-2-1-3-8(9)4-6-9/h1-3,5,8H,4,6-7H2. The van der Waals surface area contributed by atoms with Gasteiger partial charge in [-0.2, -0.15) is 0 Å². The van der Waals surface area contributed by atoms with Gasteiger partial charge in [0.2, 0.25) is 0 Å². The van der Waals surface area contributed by atoms with Crippen LogP contribution in [0.25, 0.3) is 0 Å². The molecule has 0 aromatic rings. The molecular weight excluding hydrogens is 144 g/mol. The van der Waals surface area contributed by atoms with Crippen LogP contribution in [0.1, 0.15) is 12.8 Å². The summed E-state index contributed by atoms with van der Waals surface area (Å²) in [6.07, 6.45) is 11.4. The van der Waals surface area contributed by atoms with Crippen molar-refractivity contribution in [2.45, 2.75) is 12.8 Å². The second-order valence-electron chi connectivity index (χ2n) is 3.26. The van der Waals surface area contributed by atoms with Crippen molar-refractivity contribution in [3.8, 4) is 0 Å². The molecule has 0 radical (unpaired) electrons. The average molecular weight is 155 g/mol. The van der Waals surface area contributed by atoms with Gasteiger partial charge in [-0.15, -0.1) is 11.6 Å². The largest absolute Gasteiger partial charge is 0.126 e. The first kappa shape index (κ1) is 6.48. The summed E-state index contributed by atoms with van der Waals surface area (Å²) in [7, 11) is 0. The number of allylic oxidation sites excluding steroid dienone is 4. The van der Waals surface area contributed by atoms with Crippen LogP contribution in [0.5, 0.6) is 0 Å². The minimum Gasteiger partial charge on any atom is -0.126 e. The monoisotopic (exact) mass is 154 g/mol. The zero-order chi connectivity index (χ0) is 7.03. The van der Waals surface area contributed by atoms with Crippen molar-refractivity contribution in [3.05, 3.63) is 24.3 Å². The lowest BCUT2D eigenvalue weighted by Gasteiger charge is -2.46. The van der Waals surface area contributed by atoms with Crippen molar-refractivity contribution in [1.82, 2.24) is 0 Å². The maximum atomic E-state index is 5.88. The topological polar surface area (TPSA) is 0 Å². The van der Waals surface area contributed by atoms with Gasteiger partial charge >= 0.3 is 0 Å². The Morgan fingerprint density at radius 3 is 2.80 bits per heavy atom. The molecule has 0 bridgehead atoms. The molecule has 2 unspecified atom stereocenters. The van der Waals surface area contributed by atoms with Gasteiger partial charge in [0.1, 0.15) is 0 Å². The summed E-state index contributed by atoms with van der Waals surface area (Å²) >= 11 is 5.88. The van der Waals surface area contributed by atoms with Crippen molar-refractivity contribution in [3.63, 3.8) is 0 Å². The van der Waals surface area contributed by atoms with Gasteiger partial charge in [0.25, 0.3) is 0 Å². The molecule has 0 amide bonds. The van der Waals surface area contributed by atoms with Gasteiger partial charge in [-0.25, -0.2) is 0 Å². The highest BCUT2D eigenvalue weighted by Crippen LogP contribution is 2.50. The lowest BCUT2D eigenvalue weighted by atomic mass is 9.59. The molecule has 0 aromatic carbocycles. The Bertz CT molecular complexity index is 189. The van der Waals surface area contributed by atoms with Gasteiger partial charge in [-0.3, -0.25) is 0 Å². The third-order valence-corrected chi connectivity index (χ3v) is 3.29. The van der Waals surface area contributed by atoms with Crippen LogP contribution in [-0.2, 0) is 0 Å².